The number of nitrogens with one attached hydrogen (secondary N) is 2. The maximum atomic E-state index is 12.7. The van der Waals surface area contributed by atoms with E-state index in [0.717, 1.165) is 18.9 Å². The number of amides is 2. The van der Waals surface area contributed by atoms with Crippen LogP contribution in [0.1, 0.15) is 18.4 Å². The molecule has 20 heavy (non-hydrogen) atoms. The van der Waals surface area contributed by atoms with E-state index >= 15 is 0 Å². The molecule has 1 unspecified atom stereocenters. The fraction of sp³-hybridized carbons (Fsp3) is 0.462. The van der Waals surface area contributed by atoms with Gasteiger partial charge in [0, 0.05) is 6.54 Å². The Morgan fingerprint density at radius 2 is 2.00 bits per heavy atom. The number of para-hydroxylation sites is 1. The third-order valence-electron chi connectivity index (χ3n) is 3.12. The molecule has 0 aliphatic heterocycles. The number of hydrogen-bond acceptors (Lipinski definition) is 2. The van der Waals surface area contributed by atoms with Crippen LogP contribution in [0.5, 0.6) is 0 Å². The van der Waals surface area contributed by atoms with E-state index < -0.39 is 23.9 Å². The molecule has 0 heterocycles. The lowest BCUT2D eigenvalue weighted by atomic mass is 10.1. The molecule has 0 bridgehead atoms. The molecule has 2 amide bonds. The van der Waals surface area contributed by atoms with Gasteiger partial charge in [0.05, 0.1) is 17.4 Å². The molecule has 1 fully saturated rings. The van der Waals surface area contributed by atoms with Crippen LogP contribution in [0.3, 0.4) is 0 Å². The van der Waals surface area contributed by atoms with Crippen LogP contribution in [0.25, 0.3) is 0 Å². The lowest BCUT2D eigenvalue weighted by Crippen LogP contribution is -2.36. The van der Waals surface area contributed by atoms with Gasteiger partial charge < -0.3 is 15.7 Å². The average molecular weight is 288 g/mol. The van der Waals surface area contributed by atoms with Crippen LogP contribution in [-0.4, -0.2) is 23.8 Å². The molecule has 4 nitrogen and oxygen atoms in total. The molecule has 0 spiro atoms. The van der Waals surface area contributed by atoms with Crippen molar-refractivity contribution in [3.8, 4) is 0 Å². The van der Waals surface area contributed by atoms with Crippen LogP contribution in [0.2, 0.25) is 0 Å². The molecule has 1 atom stereocenters. The summed E-state index contributed by atoms with van der Waals surface area (Å²) in [5, 5.41) is 14.1. The summed E-state index contributed by atoms with van der Waals surface area (Å²) >= 11 is 0. The van der Waals surface area contributed by atoms with Gasteiger partial charge in [0.15, 0.2) is 0 Å². The van der Waals surface area contributed by atoms with Crippen LogP contribution >= 0.6 is 0 Å². The van der Waals surface area contributed by atoms with Crippen molar-refractivity contribution in [1.82, 2.24) is 5.32 Å². The second-order valence-electron chi connectivity index (χ2n) is 4.78. The van der Waals surface area contributed by atoms with Crippen LogP contribution in [0.15, 0.2) is 24.3 Å². The number of carbonyl (C=O) groups is 1. The predicted octanol–water partition coefficient (Wildman–Crippen LogP) is 2.60. The Balaban J connectivity index is 1.93. The SMILES string of the molecule is O=C(NCC(O)C1CC1)Nc1ccccc1C(F)(F)F. The molecule has 0 aromatic heterocycles. The number of halogens is 3. The highest BCUT2D eigenvalue weighted by atomic mass is 19.4. The molecule has 0 radical (unpaired) electrons. The van der Waals surface area contributed by atoms with Crippen molar-refractivity contribution in [2.45, 2.75) is 25.1 Å². The first kappa shape index (κ1) is 14.6. The molecule has 1 aliphatic rings. The van der Waals surface area contributed by atoms with Gasteiger partial charge in [-0.2, -0.15) is 13.2 Å². The third-order valence-corrected chi connectivity index (χ3v) is 3.12. The minimum atomic E-state index is -4.53. The summed E-state index contributed by atoms with van der Waals surface area (Å²) in [7, 11) is 0. The second-order valence-corrected chi connectivity index (χ2v) is 4.78. The Morgan fingerprint density at radius 1 is 1.35 bits per heavy atom. The van der Waals surface area contributed by atoms with Gasteiger partial charge in [-0.05, 0) is 30.9 Å². The van der Waals surface area contributed by atoms with Crippen molar-refractivity contribution in [3.05, 3.63) is 29.8 Å². The number of anilines is 1. The van der Waals surface area contributed by atoms with E-state index in [4.69, 9.17) is 0 Å². The Kier molecular flexibility index (Phi) is 4.17. The molecular formula is C13H15F3N2O2. The topological polar surface area (TPSA) is 61.4 Å². The normalized spacial score (nSPS) is 16.6. The van der Waals surface area contributed by atoms with E-state index in [9.17, 15) is 23.1 Å². The molecule has 110 valence electrons. The fourth-order valence-corrected chi connectivity index (χ4v) is 1.85. The summed E-state index contributed by atoms with van der Waals surface area (Å²) in [6.45, 7) is 0.0324. The van der Waals surface area contributed by atoms with E-state index in [1.54, 1.807) is 0 Å². The number of aliphatic hydroxyl groups is 1. The standard InChI is InChI=1S/C13H15F3N2O2/c14-13(15,16)9-3-1-2-4-10(9)18-12(20)17-7-11(19)8-5-6-8/h1-4,8,11,19H,5-7H2,(H2,17,18,20). The molecule has 3 N–H and O–H groups in total. The average Bonchev–Trinajstić information content (AvgIpc) is 3.19. The zero-order valence-electron chi connectivity index (χ0n) is 10.6. The van der Waals surface area contributed by atoms with Gasteiger partial charge in [-0.3, -0.25) is 0 Å². The molecule has 1 aromatic rings. The van der Waals surface area contributed by atoms with E-state index in [-0.39, 0.29) is 18.2 Å². The molecule has 0 saturated heterocycles. The first-order valence-corrected chi connectivity index (χ1v) is 6.27. The number of carbonyl (C=O) groups excluding carboxylic acids is 1. The molecule has 1 aromatic carbocycles. The van der Waals surface area contributed by atoms with Crippen LogP contribution < -0.4 is 10.6 Å². The van der Waals surface area contributed by atoms with Crippen molar-refractivity contribution in [2.24, 2.45) is 5.92 Å². The van der Waals surface area contributed by atoms with Gasteiger partial charge in [-0.15, -0.1) is 0 Å². The first-order chi connectivity index (χ1) is 9.38. The van der Waals surface area contributed by atoms with Crippen molar-refractivity contribution < 1.29 is 23.1 Å². The molecule has 2 rings (SSSR count). The summed E-state index contributed by atoms with van der Waals surface area (Å²) in [5.41, 5.74) is -1.21. The number of urea groups is 1. The maximum absolute atomic E-state index is 12.7. The van der Waals surface area contributed by atoms with E-state index in [1.165, 1.54) is 18.2 Å². The molecule has 1 aliphatic carbocycles. The smallest absolute Gasteiger partial charge is 0.391 e. The first-order valence-electron chi connectivity index (χ1n) is 6.27. The lowest BCUT2D eigenvalue weighted by Gasteiger charge is -2.15. The second kappa shape index (κ2) is 5.70. The largest absolute Gasteiger partial charge is 0.418 e. The highest BCUT2D eigenvalue weighted by Crippen LogP contribution is 2.34. The van der Waals surface area contributed by atoms with Gasteiger partial charge in [0.25, 0.3) is 0 Å². The Morgan fingerprint density at radius 3 is 2.60 bits per heavy atom. The highest BCUT2D eigenvalue weighted by molar-refractivity contribution is 5.90. The van der Waals surface area contributed by atoms with Gasteiger partial charge in [-0.1, -0.05) is 12.1 Å². The summed E-state index contributed by atoms with van der Waals surface area (Å²) in [6, 6.07) is 3.97. The molecule has 1 saturated carbocycles. The fourth-order valence-electron chi connectivity index (χ4n) is 1.85. The predicted molar refractivity (Wildman–Crippen MR) is 67.2 cm³/mol. The zero-order valence-corrected chi connectivity index (χ0v) is 10.6. The van der Waals surface area contributed by atoms with E-state index in [0.29, 0.717) is 0 Å². The number of benzene rings is 1. The Labute approximate surface area is 114 Å². The van der Waals surface area contributed by atoms with Crippen LogP contribution in [0.4, 0.5) is 23.7 Å². The van der Waals surface area contributed by atoms with Crippen molar-refractivity contribution in [1.29, 1.82) is 0 Å². The summed E-state index contributed by atoms with van der Waals surface area (Å²) < 4.78 is 38.1. The molecular weight excluding hydrogens is 273 g/mol. The lowest BCUT2D eigenvalue weighted by molar-refractivity contribution is -0.136. The van der Waals surface area contributed by atoms with Crippen molar-refractivity contribution in [2.75, 3.05) is 11.9 Å². The van der Waals surface area contributed by atoms with Gasteiger partial charge in [0.1, 0.15) is 0 Å². The van der Waals surface area contributed by atoms with Crippen molar-refractivity contribution >= 4 is 11.7 Å². The number of aliphatic hydroxyl groups excluding tert-OH is 1. The minimum Gasteiger partial charge on any atom is -0.391 e. The van der Waals surface area contributed by atoms with E-state index in [2.05, 4.69) is 10.6 Å². The van der Waals surface area contributed by atoms with Crippen LogP contribution in [0, 0.1) is 5.92 Å². The highest BCUT2D eigenvalue weighted by Gasteiger charge is 2.34. The van der Waals surface area contributed by atoms with Gasteiger partial charge in [0.2, 0.25) is 0 Å². The molecule has 7 heteroatoms. The van der Waals surface area contributed by atoms with Gasteiger partial charge in [-0.25, -0.2) is 4.79 Å². The van der Waals surface area contributed by atoms with E-state index in [1.807, 2.05) is 0 Å². The van der Waals surface area contributed by atoms with Gasteiger partial charge >= 0.3 is 12.2 Å². The Bertz CT molecular complexity index is 487. The zero-order chi connectivity index (χ0) is 14.8. The van der Waals surface area contributed by atoms with Crippen molar-refractivity contribution in [3.63, 3.8) is 0 Å². The summed E-state index contributed by atoms with van der Waals surface area (Å²) in [4.78, 5) is 11.5. The monoisotopic (exact) mass is 288 g/mol. The number of rotatable bonds is 4. The third kappa shape index (κ3) is 3.86. The minimum absolute atomic E-state index is 0.0324. The quantitative estimate of drug-likeness (QED) is 0.797. The summed E-state index contributed by atoms with van der Waals surface area (Å²) in [5.74, 6) is 0.192. The summed E-state index contributed by atoms with van der Waals surface area (Å²) in [6.07, 6.45) is -3.33. The number of alkyl halides is 3. The van der Waals surface area contributed by atoms with Crippen LogP contribution in [-0.2, 0) is 6.18 Å². The Hall–Kier alpha value is -1.76. The number of hydrogen-bond donors (Lipinski definition) is 3. The maximum Gasteiger partial charge on any atom is 0.418 e.